The van der Waals surface area contributed by atoms with E-state index in [1.807, 2.05) is 24.3 Å². The zero-order valence-corrected chi connectivity index (χ0v) is 9.86. The Bertz CT molecular complexity index is 717. The number of carbonyl (C=O) groups excluding carboxylic acids is 1. The number of fused-ring (bicyclic) bond motifs is 1. The van der Waals surface area contributed by atoms with Gasteiger partial charge in [0.1, 0.15) is 0 Å². The van der Waals surface area contributed by atoms with Crippen molar-refractivity contribution in [3.63, 3.8) is 0 Å². The van der Waals surface area contributed by atoms with Crippen LogP contribution in [-0.4, -0.2) is 16.1 Å². The van der Waals surface area contributed by atoms with Gasteiger partial charge in [0.25, 0.3) is 5.91 Å². The number of rotatable bonds is 2. The van der Waals surface area contributed by atoms with E-state index in [-0.39, 0.29) is 16.9 Å². The van der Waals surface area contributed by atoms with E-state index in [9.17, 15) is 4.79 Å². The number of hydrogen-bond donors (Lipinski definition) is 2. The van der Waals surface area contributed by atoms with Crippen molar-refractivity contribution in [2.75, 3.05) is 5.32 Å². The lowest BCUT2D eigenvalue weighted by atomic mass is 10.2. The van der Waals surface area contributed by atoms with Crippen LogP contribution in [0.4, 0.5) is 5.82 Å². The zero-order chi connectivity index (χ0) is 12.5. The van der Waals surface area contributed by atoms with Gasteiger partial charge < -0.3 is 9.73 Å². The molecule has 2 aromatic heterocycles. The summed E-state index contributed by atoms with van der Waals surface area (Å²) in [5.74, 6) is 0.217. The van der Waals surface area contributed by atoms with Crippen LogP contribution >= 0.6 is 11.6 Å². The van der Waals surface area contributed by atoms with Crippen molar-refractivity contribution in [2.24, 2.45) is 0 Å². The summed E-state index contributed by atoms with van der Waals surface area (Å²) in [6.45, 7) is 0. The summed E-state index contributed by atoms with van der Waals surface area (Å²) in [5.41, 5.74) is 0.852. The molecular formula is C12H8ClN3O2. The average molecular weight is 262 g/mol. The second-order valence-electron chi connectivity index (χ2n) is 3.68. The summed E-state index contributed by atoms with van der Waals surface area (Å²) in [5, 5.41) is 10.5. The molecule has 0 aliphatic heterocycles. The third-order valence-corrected chi connectivity index (χ3v) is 2.70. The minimum atomic E-state index is -0.390. The Kier molecular flexibility index (Phi) is 2.53. The Balaban J connectivity index is 1.90. The molecule has 90 valence electrons. The van der Waals surface area contributed by atoms with E-state index < -0.39 is 0 Å². The third kappa shape index (κ3) is 1.84. The van der Waals surface area contributed by atoms with Crippen LogP contribution < -0.4 is 5.32 Å². The molecule has 2 N–H and O–H groups in total. The summed E-state index contributed by atoms with van der Waals surface area (Å²) in [4.78, 5) is 11.9. The fraction of sp³-hybridized carbons (Fsp3) is 0. The molecule has 0 atom stereocenters. The fourth-order valence-corrected chi connectivity index (χ4v) is 1.81. The van der Waals surface area contributed by atoms with Gasteiger partial charge in [-0.3, -0.25) is 9.89 Å². The lowest BCUT2D eigenvalue weighted by molar-refractivity contribution is 0.0996. The normalized spacial score (nSPS) is 10.7. The molecule has 0 aliphatic rings. The Morgan fingerprint density at radius 2 is 2.11 bits per heavy atom. The molecule has 5 nitrogen and oxygen atoms in total. The summed E-state index contributed by atoms with van der Waals surface area (Å²) < 4.78 is 5.02. The largest absolute Gasteiger partial charge is 0.440 e. The second-order valence-corrected chi connectivity index (χ2v) is 4.05. The lowest BCUT2D eigenvalue weighted by Gasteiger charge is -1.98. The van der Waals surface area contributed by atoms with E-state index in [0.717, 1.165) is 10.9 Å². The number of nitrogens with zero attached hydrogens (tertiary/aromatic N) is 1. The number of carbonyl (C=O) groups is 1. The van der Waals surface area contributed by atoms with E-state index in [0.29, 0.717) is 5.82 Å². The van der Waals surface area contributed by atoms with Crippen LogP contribution in [0.15, 0.2) is 40.8 Å². The summed E-state index contributed by atoms with van der Waals surface area (Å²) in [6.07, 6.45) is 0. The van der Waals surface area contributed by atoms with E-state index in [2.05, 4.69) is 15.5 Å². The molecule has 0 saturated carbocycles. The predicted octanol–water partition coefficient (Wildman–Crippen LogP) is 3.06. The number of anilines is 1. The highest BCUT2D eigenvalue weighted by Gasteiger charge is 2.13. The summed E-state index contributed by atoms with van der Waals surface area (Å²) in [7, 11) is 0. The highest BCUT2D eigenvalue weighted by Crippen LogP contribution is 2.21. The van der Waals surface area contributed by atoms with E-state index in [1.54, 1.807) is 0 Å². The Morgan fingerprint density at radius 3 is 2.89 bits per heavy atom. The minimum absolute atomic E-state index is 0.145. The molecule has 18 heavy (non-hydrogen) atoms. The maximum Gasteiger partial charge on any atom is 0.292 e. The molecule has 1 aromatic carbocycles. The number of aromatic nitrogens is 2. The molecule has 0 fully saturated rings. The molecular weight excluding hydrogens is 254 g/mol. The number of benzene rings is 1. The number of nitrogens with one attached hydrogen (secondary N) is 2. The number of H-pyrrole nitrogens is 1. The van der Waals surface area contributed by atoms with Crippen molar-refractivity contribution >= 4 is 34.2 Å². The van der Waals surface area contributed by atoms with Gasteiger partial charge in [-0.05, 0) is 35.9 Å². The predicted molar refractivity (Wildman–Crippen MR) is 67.8 cm³/mol. The van der Waals surface area contributed by atoms with Crippen LogP contribution in [-0.2, 0) is 0 Å². The van der Waals surface area contributed by atoms with Gasteiger partial charge >= 0.3 is 0 Å². The highest BCUT2D eigenvalue weighted by molar-refractivity contribution is 6.29. The van der Waals surface area contributed by atoms with Crippen molar-refractivity contribution < 1.29 is 9.21 Å². The van der Waals surface area contributed by atoms with Crippen molar-refractivity contribution in [1.29, 1.82) is 0 Å². The molecule has 0 spiro atoms. The first-order valence-electron chi connectivity index (χ1n) is 5.24. The van der Waals surface area contributed by atoms with Crippen LogP contribution in [0.2, 0.25) is 5.22 Å². The average Bonchev–Trinajstić information content (AvgIpc) is 2.97. The molecule has 3 aromatic rings. The molecule has 2 heterocycles. The quantitative estimate of drug-likeness (QED) is 0.745. The smallest absolute Gasteiger partial charge is 0.292 e. The van der Waals surface area contributed by atoms with Gasteiger partial charge in [-0.2, -0.15) is 5.10 Å². The number of furan rings is 1. The number of para-hydroxylation sites is 1. The number of amides is 1. The minimum Gasteiger partial charge on any atom is -0.440 e. The van der Waals surface area contributed by atoms with Gasteiger partial charge in [-0.1, -0.05) is 12.1 Å². The third-order valence-electron chi connectivity index (χ3n) is 2.50. The van der Waals surface area contributed by atoms with Crippen LogP contribution in [0.1, 0.15) is 10.6 Å². The Hall–Kier alpha value is -2.27. The number of hydrogen-bond acceptors (Lipinski definition) is 3. The first-order chi connectivity index (χ1) is 8.74. The number of aromatic amines is 1. The van der Waals surface area contributed by atoms with Crippen molar-refractivity contribution in [3.05, 3.63) is 47.4 Å². The van der Waals surface area contributed by atoms with Crippen LogP contribution in [0.5, 0.6) is 0 Å². The van der Waals surface area contributed by atoms with Crippen molar-refractivity contribution in [2.45, 2.75) is 0 Å². The molecule has 6 heteroatoms. The van der Waals surface area contributed by atoms with E-state index in [4.69, 9.17) is 16.0 Å². The highest BCUT2D eigenvalue weighted by atomic mass is 35.5. The van der Waals surface area contributed by atoms with Gasteiger partial charge in [-0.15, -0.1) is 0 Å². The first kappa shape index (κ1) is 10.9. The van der Waals surface area contributed by atoms with Crippen LogP contribution in [0, 0.1) is 0 Å². The van der Waals surface area contributed by atoms with Gasteiger partial charge in [0.15, 0.2) is 16.8 Å². The van der Waals surface area contributed by atoms with Gasteiger partial charge in [0.05, 0.1) is 5.52 Å². The van der Waals surface area contributed by atoms with E-state index in [1.165, 1.54) is 12.1 Å². The monoisotopic (exact) mass is 261 g/mol. The van der Waals surface area contributed by atoms with Crippen molar-refractivity contribution in [3.8, 4) is 0 Å². The number of halogens is 1. The first-order valence-corrected chi connectivity index (χ1v) is 5.61. The molecule has 1 amide bonds. The van der Waals surface area contributed by atoms with Gasteiger partial charge in [0, 0.05) is 5.39 Å². The Morgan fingerprint density at radius 1 is 1.28 bits per heavy atom. The summed E-state index contributed by atoms with van der Waals surface area (Å²) >= 11 is 5.61. The molecule has 0 aliphatic carbocycles. The van der Waals surface area contributed by atoms with Crippen molar-refractivity contribution in [1.82, 2.24) is 10.2 Å². The molecule has 0 unspecified atom stereocenters. The van der Waals surface area contributed by atoms with Crippen LogP contribution in [0.3, 0.4) is 0 Å². The standard InChI is InChI=1S/C12H8ClN3O2/c13-10-6-5-9(18-10)12(17)14-11-7-3-1-2-4-8(7)15-16-11/h1-6H,(H2,14,15,16,17). The van der Waals surface area contributed by atoms with Gasteiger partial charge in [-0.25, -0.2) is 0 Å². The summed E-state index contributed by atoms with van der Waals surface area (Å²) in [6, 6.07) is 10.5. The lowest BCUT2D eigenvalue weighted by Crippen LogP contribution is -2.11. The Labute approximate surface area is 107 Å². The fourth-order valence-electron chi connectivity index (χ4n) is 1.66. The van der Waals surface area contributed by atoms with Gasteiger partial charge in [0.2, 0.25) is 0 Å². The molecule has 0 saturated heterocycles. The second kappa shape index (κ2) is 4.19. The maximum absolute atomic E-state index is 11.9. The van der Waals surface area contributed by atoms with E-state index >= 15 is 0 Å². The zero-order valence-electron chi connectivity index (χ0n) is 9.11. The molecule has 3 rings (SSSR count). The SMILES string of the molecule is O=C(Nc1n[nH]c2ccccc12)c1ccc(Cl)o1. The maximum atomic E-state index is 11.9. The topological polar surface area (TPSA) is 70.9 Å². The molecule has 0 radical (unpaired) electrons. The molecule has 0 bridgehead atoms. The van der Waals surface area contributed by atoms with Crippen LogP contribution in [0.25, 0.3) is 10.9 Å².